The summed E-state index contributed by atoms with van der Waals surface area (Å²) < 4.78 is 118. The second-order valence-corrected chi connectivity index (χ2v) is 22.5. The van der Waals surface area contributed by atoms with Gasteiger partial charge in [0.25, 0.3) is 0 Å². The molecule has 0 aromatic carbocycles. The van der Waals surface area contributed by atoms with E-state index >= 15 is 0 Å². The number of anilines is 2. The van der Waals surface area contributed by atoms with Crippen molar-refractivity contribution in [1.29, 1.82) is 0 Å². The Morgan fingerprint density at radius 3 is 1.35 bits per heavy atom. The lowest BCUT2D eigenvalue weighted by Gasteiger charge is -2.39. The molecule has 6 heterocycles. The minimum atomic E-state index is -4.76. The monoisotopic (exact) mass is 888 g/mol. The van der Waals surface area contributed by atoms with Gasteiger partial charge in [-0.2, -0.15) is 9.97 Å². The van der Waals surface area contributed by atoms with E-state index in [2.05, 4.69) is 20.6 Å². The van der Waals surface area contributed by atoms with Crippen molar-refractivity contribution < 1.29 is 78.2 Å². The van der Waals surface area contributed by atoms with E-state index in [9.17, 15) is 37.4 Å². The second-order valence-electron chi connectivity index (χ2n) is 12.9. The zero-order valence-electron chi connectivity index (χ0n) is 31.1. The van der Waals surface area contributed by atoms with Crippen molar-refractivity contribution in [3.8, 4) is 0 Å². The smallest absolute Gasteiger partial charge is 0.357 e. The Kier molecular flexibility index (Phi) is 13.1. The summed E-state index contributed by atoms with van der Waals surface area (Å²) >= 11 is 0. The summed E-state index contributed by atoms with van der Waals surface area (Å²) in [7, 11) is -13.5. The minimum Gasteiger partial charge on any atom is -0.376 e. The number of hydrogen-bond donors (Lipinski definition) is 2. The third-order valence-corrected chi connectivity index (χ3v) is 21.4. The van der Waals surface area contributed by atoms with Crippen LogP contribution in [0.1, 0.15) is 26.3 Å². The van der Waals surface area contributed by atoms with E-state index in [0.29, 0.717) is 0 Å². The van der Waals surface area contributed by atoms with E-state index in [1.54, 1.807) is 0 Å². The number of methoxy groups -OCH3 is 4. The van der Waals surface area contributed by atoms with Gasteiger partial charge in [0.1, 0.15) is 48.3 Å². The highest BCUT2D eigenvalue weighted by Gasteiger charge is 2.64. The maximum Gasteiger partial charge on any atom is 0.357 e. The standard InChI is InChI=1S/C28H40N6O19P4/c1-15(35)29-19-7-9-33(27(37)31-19)25-23(45-5)21(43-3)17(49-25)11-47-54(39)13-56(41)52-55(40,14-57(42,51-54)53-56)48-12-18-22(44-4)24(46-6)26(50-18)34-10-8-20(30-16(2)36)32-28(34)38/h7-10,17-18,21-26H,11-14H2,1-6H3,(H,29,31,35,37)(H,30,32,36,38)/t17-,18-,21+,22+,23?,24?,25-,26-,54?,55?,56?,57?/m1/s1. The molecule has 6 unspecified atom stereocenters. The Morgan fingerprint density at radius 1 is 0.667 bits per heavy atom. The van der Waals surface area contributed by atoms with E-state index in [1.165, 1.54) is 66.8 Å². The van der Waals surface area contributed by atoms with E-state index in [1.807, 2.05) is 0 Å². The Hall–Kier alpha value is -2.82. The van der Waals surface area contributed by atoms with Gasteiger partial charge < -0.3 is 48.1 Å². The number of amides is 2. The number of carbonyl (C=O) groups is 2. The Morgan fingerprint density at radius 2 is 1.04 bits per heavy atom. The molecular formula is C28H40N6O19P4. The fraction of sp³-hybridized carbons (Fsp3) is 0.643. The van der Waals surface area contributed by atoms with Crippen LogP contribution in [-0.2, 0) is 78.2 Å². The van der Waals surface area contributed by atoms with Gasteiger partial charge in [0.05, 0.1) is 13.2 Å². The molecule has 4 aliphatic heterocycles. The largest absolute Gasteiger partial charge is 0.376 e. The van der Waals surface area contributed by atoms with Crippen LogP contribution < -0.4 is 22.0 Å². The Bertz CT molecular complexity index is 2010. The highest BCUT2D eigenvalue weighted by Crippen LogP contribution is 2.91. The molecule has 2 N–H and O–H groups in total. The van der Waals surface area contributed by atoms with Crippen molar-refractivity contribution in [2.24, 2.45) is 0 Å². The van der Waals surface area contributed by atoms with Crippen LogP contribution in [0.2, 0.25) is 0 Å². The number of fused-ring (bicyclic) bond motifs is 2. The molecule has 4 aliphatic rings. The first-order valence-electron chi connectivity index (χ1n) is 16.8. The third-order valence-electron chi connectivity index (χ3n) is 8.79. The summed E-state index contributed by atoms with van der Waals surface area (Å²) in [6.45, 7) is 1.30. The van der Waals surface area contributed by atoms with E-state index < -0.39 is 128 Å². The summed E-state index contributed by atoms with van der Waals surface area (Å²) in [4.78, 5) is 56.1. The summed E-state index contributed by atoms with van der Waals surface area (Å²) in [6, 6.07) is 2.71. The summed E-state index contributed by atoms with van der Waals surface area (Å²) in [6.07, 6.45) is -5.69. The van der Waals surface area contributed by atoms with Crippen molar-refractivity contribution in [3.05, 3.63) is 45.5 Å². The van der Waals surface area contributed by atoms with E-state index in [4.69, 9.17) is 50.4 Å². The molecule has 2 bridgehead atoms. The van der Waals surface area contributed by atoms with Gasteiger partial charge in [-0.3, -0.25) is 37.0 Å². The van der Waals surface area contributed by atoms with Gasteiger partial charge in [0.2, 0.25) is 11.8 Å². The fourth-order valence-corrected chi connectivity index (χ4v) is 21.1. The molecule has 2 aromatic rings. The quantitative estimate of drug-likeness (QED) is 0.257. The third kappa shape index (κ3) is 9.49. The molecule has 0 aliphatic carbocycles. The normalized spacial score (nSPS) is 37.5. The first-order chi connectivity index (χ1) is 26.8. The first-order valence-corrected chi connectivity index (χ1v) is 23.7. The van der Waals surface area contributed by atoms with E-state index in [0.717, 1.165) is 9.13 Å². The van der Waals surface area contributed by atoms with Gasteiger partial charge in [-0.1, -0.05) is 0 Å². The number of aromatic nitrogens is 4. The zero-order valence-corrected chi connectivity index (χ0v) is 34.7. The molecule has 4 fully saturated rings. The summed E-state index contributed by atoms with van der Waals surface area (Å²) in [5.41, 5.74) is -1.62. The number of rotatable bonds is 14. The topological polar surface area (TPSA) is 298 Å². The molecule has 2 amide bonds. The number of nitrogens with zero attached hydrogens (tertiary/aromatic N) is 4. The van der Waals surface area contributed by atoms with Crippen LogP contribution in [0.15, 0.2) is 34.1 Å². The zero-order chi connectivity index (χ0) is 41.5. The van der Waals surface area contributed by atoms with Crippen molar-refractivity contribution in [2.75, 3.05) is 64.1 Å². The van der Waals surface area contributed by atoms with Crippen molar-refractivity contribution in [1.82, 2.24) is 19.1 Å². The average molecular weight is 889 g/mol. The van der Waals surface area contributed by atoms with Crippen LogP contribution in [0.4, 0.5) is 11.6 Å². The molecule has 0 radical (unpaired) electrons. The van der Waals surface area contributed by atoms with Crippen molar-refractivity contribution in [2.45, 2.75) is 62.9 Å². The predicted molar refractivity (Wildman–Crippen MR) is 192 cm³/mol. The van der Waals surface area contributed by atoms with Crippen LogP contribution in [0.5, 0.6) is 0 Å². The van der Waals surface area contributed by atoms with Gasteiger partial charge in [0, 0.05) is 54.7 Å². The van der Waals surface area contributed by atoms with Gasteiger partial charge in [-0.05, 0) is 12.1 Å². The highest BCUT2D eigenvalue weighted by atomic mass is 31.3. The Labute approximate surface area is 323 Å². The molecular weight excluding hydrogens is 848 g/mol. The maximum absolute atomic E-state index is 13.9. The number of hydrogen-bond acceptors (Lipinski definition) is 21. The number of ether oxygens (including phenoxy) is 6. The maximum atomic E-state index is 13.9. The van der Waals surface area contributed by atoms with Crippen LogP contribution >= 0.6 is 30.4 Å². The fourth-order valence-electron chi connectivity index (χ4n) is 6.60. The molecule has 6 rings (SSSR count). The van der Waals surface area contributed by atoms with Gasteiger partial charge in [0.15, 0.2) is 24.3 Å². The van der Waals surface area contributed by atoms with Crippen LogP contribution in [0, 0.1) is 0 Å². The molecule has 0 spiro atoms. The molecule has 12 atom stereocenters. The molecule has 2 aromatic heterocycles. The van der Waals surface area contributed by atoms with Crippen molar-refractivity contribution >= 4 is 53.8 Å². The van der Waals surface area contributed by atoms with Crippen molar-refractivity contribution in [3.63, 3.8) is 0 Å². The first kappa shape index (κ1) is 43.8. The highest BCUT2D eigenvalue weighted by molar-refractivity contribution is 7.91. The number of carbonyl (C=O) groups excluding carboxylic acids is 2. The van der Waals surface area contributed by atoms with Crippen LogP contribution in [-0.4, -0.2) is 121 Å². The molecule has 25 nitrogen and oxygen atoms in total. The lowest BCUT2D eigenvalue weighted by Crippen LogP contribution is -2.39. The molecule has 4 saturated heterocycles. The van der Waals surface area contributed by atoms with Gasteiger partial charge >= 0.3 is 41.8 Å². The summed E-state index contributed by atoms with van der Waals surface area (Å²) in [5.74, 6) is -3.13. The van der Waals surface area contributed by atoms with E-state index in [-0.39, 0.29) is 11.6 Å². The lowest BCUT2D eigenvalue weighted by molar-refractivity contribution is -0.115. The predicted octanol–water partition coefficient (Wildman–Crippen LogP) is 2.07. The molecule has 0 saturated carbocycles. The van der Waals surface area contributed by atoms with Crippen LogP contribution in [0.3, 0.4) is 0 Å². The SMILES string of the molecule is COC1[C@@H](OC)[C@@H](COP2(=O)CP3(=O)OP(=O)(OC[C@H]4O[C@@H](n5ccc(NC(C)=O)nc5=O)C(OC)[C@H]4OC)CP(=O)(O2)O3)O[C@H]1n1ccc(NC(C)=O)nc1=O. The molecule has 29 heteroatoms. The minimum absolute atomic E-state index is 0.000522. The van der Waals surface area contributed by atoms with Gasteiger partial charge in [-0.15, -0.1) is 0 Å². The number of nitrogens with one attached hydrogen (secondary N) is 2. The molecule has 57 heavy (non-hydrogen) atoms. The van der Waals surface area contributed by atoms with Gasteiger partial charge in [-0.25, -0.2) is 22.5 Å². The molecule has 316 valence electrons. The van der Waals surface area contributed by atoms with Crippen LogP contribution in [0.25, 0.3) is 0 Å². The lowest BCUT2D eigenvalue weighted by atomic mass is 10.1. The second kappa shape index (κ2) is 17.0. The average Bonchev–Trinajstić information content (AvgIpc) is 3.65. The Balaban J connectivity index is 1.12. The summed E-state index contributed by atoms with van der Waals surface area (Å²) in [5, 5.41) is 4.79.